The highest BCUT2D eigenvalue weighted by Gasteiger charge is 2.06. The lowest BCUT2D eigenvalue weighted by molar-refractivity contribution is 0.602. The molecule has 0 fully saturated rings. The predicted molar refractivity (Wildman–Crippen MR) is 74.8 cm³/mol. The van der Waals surface area contributed by atoms with E-state index in [2.05, 4.69) is 10.4 Å². The summed E-state index contributed by atoms with van der Waals surface area (Å²) in [5.74, 6) is 0. The van der Waals surface area contributed by atoms with E-state index in [9.17, 15) is 8.42 Å². The molecule has 0 bridgehead atoms. The van der Waals surface area contributed by atoms with Gasteiger partial charge in [-0.05, 0) is 31.2 Å². The van der Waals surface area contributed by atoms with Gasteiger partial charge >= 0.3 is 0 Å². The lowest BCUT2D eigenvalue weighted by atomic mass is 10.2. The maximum Gasteiger partial charge on any atom is 0.175 e. The molecule has 0 spiro atoms. The summed E-state index contributed by atoms with van der Waals surface area (Å²) in [6.45, 7) is 2.63. The maximum atomic E-state index is 11.3. The highest BCUT2D eigenvalue weighted by molar-refractivity contribution is 7.90. The normalized spacial score (nSPS) is 11.5. The third kappa shape index (κ3) is 3.35. The fourth-order valence-electron chi connectivity index (χ4n) is 1.84. The van der Waals surface area contributed by atoms with Gasteiger partial charge in [0.05, 0.1) is 10.6 Å². The molecule has 0 amide bonds. The minimum Gasteiger partial charge on any atom is -0.381 e. The van der Waals surface area contributed by atoms with Gasteiger partial charge in [0.15, 0.2) is 9.84 Å². The summed E-state index contributed by atoms with van der Waals surface area (Å²) in [6.07, 6.45) is 3.17. The number of aryl methyl sites for hydroxylation is 2. The molecule has 1 aromatic carbocycles. The van der Waals surface area contributed by atoms with Gasteiger partial charge in [0.25, 0.3) is 0 Å². The second-order valence-corrected chi connectivity index (χ2v) is 6.58. The average molecular weight is 279 g/mol. The van der Waals surface area contributed by atoms with Gasteiger partial charge in [-0.2, -0.15) is 5.10 Å². The molecule has 1 N–H and O–H groups in total. The highest BCUT2D eigenvalue weighted by atomic mass is 32.2. The number of hydrogen-bond donors (Lipinski definition) is 1. The molecule has 1 aromatic heterocycles. The van der Waals surface area contributed by atoms with Crippen molar-refractivity contribution in [2.45, 2.75) is 18.4 Å². The Labute approximate surface area is 113 Å². The first kappa shape index (κ1) is 13.6. The van der Waals surface area contributed by atoms with Gasteiger partial charge in [0.1, 0.15) is 0 Å². The van der Waals surface area contributed by atoms with E-state index in [0.29, 0.717) is 11.4 Å². The first-order valence-electron chi connectivity index (χ1n) is 5.89. The van der Waals surface area contributed by atoms with Crippen molar-refractivity contribution in [1.29, 1.82) is 0 Å². The average Bonchev–Trinajstić information content (AvgIpc) is 2.65. The highest BCUT2D eigenvalue weighted by Crippen LogP contribution is 2.15. The van der Waals surface area contributed by atoms with E-state index in [1.54, 1.807) is 28.9 Å². The minimum atomic E-state index is -3.13. The summed E-state index contributed by atoms with van der Waals surface area (Å²) < 4.78 is 24.5. The van der Waals surface area contributed by atoms with Gasteiger partial charge in [-0.25, -0.2) is 8.42 Å². The number of benzene rings is 1. The second kappa shape index (κ2) is 5.05. The summed E-state index contributed by atoms with van der Waals surface area (Å²) >= 11 is 0. The molecule has 0 aliphatic rings. The Morgan fingerprint density at radius 3 is 2.37 bits per heavy atom. The van der Waals surface area contributed by atoms with E-state index in [-0.39, 0.29) is 0 Å². The summed E-state index contributed by atoms with van der Waals surface area (Å²) in [4.78, 5) is 0.329. The molecule has 0 atom stereocenters. The summed E-state index contributed by atoms with van der Waals surface area (Å²) in [5, 5.41) is 7.51. The fourth-order valence-corrected chi connectivity index (χ4v) is 2.47. The quantitative estimate of drug-likeness (QED) is 0.926. The molecule has 0 aliphatic heterocycles. The molecule has 0 saturated heterocycles. The van der Waals surface area contributed by atoms with Crippen molar-refractivity contribution in [3.63, 3.8) is 0 Å². The van der Waals surface area contributed by atoms with Crippen molar-refractivity contribution >= 4 is 15.5 Å². The third-order valence-corrected chi connectivity index (χ3v) is 4.01. The number of nitrogens with zero attached hydrogens (tertiary/aromatic N) is 2. The van der Waals surface area contributed by atoms with E-state index in [0.717, 1.165) is 16.9 Å². The number of nitrogens with one attached hydrogen (secondary N) is 1. The van der Waals surface area contributed by atoms with E-state index < -0.39 is 9.84 Å². The van der Waals surface area contributed by atoms with Crippen LogP contribution in [0.25, 0.3) is 0 Å². The zero-order valence-corrected chi connectivity index (χ0v) is 12.0. The van der Waals surface area contributed by atoms with Crippen LogP contribution in [0.15, 0.2) is 35.4 Å². The Morgan fingerprint density at radius 1 is 1.26 bits per heavy atom. The molecule has 2 rings (SSSR count). The van der Waals surface area contributed by atoms with Crippen LogP contribution in [0, 0.1) is 6.92 Å². The number of rotatable bonds is 4. The van der Waals surface area contributed by atoms with Gasteiger partial charge in [-0.1, -0.05) is 0 Å². The molecule has 5 nitrogen and oxygen atoms in total. The number of hydrogen-bond acceptors (Lipinski definition) is 4. The van der Waals surface area contributed by atoms with Crippen LogP contribution in [0.5, 0.6) is 0 Å². The smallest absolute Gasteiger partial charge is 0.175 e. The summed E-state index contributed by atoms with van der Waals surface area (Å²) in [7, 11) is -1.24. The lowest BCUT2D eigenvalue weighted by Gasteiger charge is -2.06. The lowest BCUT2D eigenvalue weighted by Crippen LogP contribution is -2.01. The molecular weight excluding hydrogens is 262 g/mol. The summed E-state index contributed by atoms with van der Waals surface area (Å²) in [6, 6.07) is 6.74. The van der Waals surface area contributed by atoms with Crippen LogP contribution < -0.4 is 5.32 Å². The standard InChI is InChI=1S/C13H17N3O2S/c1-10-11(9-16(2)15-10)8-14-12-4-6-13(7-5-12)19(3,17)18/h4-7,9,14H,8H2,1-3H3. The van der Waals surface area contributed by atoms with Crippen molar-refractivity contribution in [2.75, 3.05) is 11.6 Å². The zero-order valence-electron chi connectivity index (χ0n) is 11.2. The summed E-state index contributed by atoms with van der Waals surface area (Å²) in [5.41, 5.74) is 2.99. The van der Waals surface area contributed by atoms with E-state index in [4.69, 9.17) is 0 Å². The van der Waals surface area contributed by atoms with E-state index in [1.165, 1.54) is 6.26 Å². The Bertz CT molecular complexity index is 672. The Morgan fingerprint density at radius 2 is 1.89 bits per heavy atom. The Balaban J connectivity index is 2.07. The van der Waals surface area contributed by atoms with Crippen LogP contribution >= 0.6 is 0 Å². The van der Waals surface area contributed by atoms with Gasteiger partial charge in [-0.3, -0.25) is 4.68 Å². The maximum absolute atomic E-state index is 11.3. The number of anilines is 1. The van der Waals surface area contributed by atoms with Crippen molar-refractivity contribution < 1.29 is 8.42 Å². The van der Waals surface area contributed by atoms with Crippen LogP contribution in [0.3, 0.4) is 0 Å². The molecule has 19 heavy (non-hydrogen) atoms. The largest absolute Gasteiger partial charge is 0.381 e. The molecule has 102 valence electrons. The molecule has 2 aromatic rings. The van der Waals surface area contributed by atoms with Crippen molar-refractivity contribution in [3.05, 3.63) is 41.7 Å². The molecule has 1 heterocycles. The molecule has 0 aliphatic carbocycles. The topological polar surface area (TPSA) is 64.0 Å². The predicted octanol–water partition coefficient (Wildman–Crippen LogP) is 1.74. The molecule has 0 unspecified atom stereocenters. The van der Waals surface area contributed by atoms with Crippen molar-refractivity contribution in [3.8, 4) is 0 Å². The molecular formula is C13H17N3O2S. The fraction of sp³-hybridized carbons (Fsp3) is 0.308. The molecule has 0 radical (unpaired) electrons. The zero-order chi connectivity index (χ0) is 14.0. The monoisotopic (exact) mass is 279 g/mol. The second-order valence-electron chi connectivity index (χ2n) is 4.56. The van der Waals surface area contributed by atoms with Crippen LogP contribution in [-0.2, 0) is 23.4 Å². The number of aromatic nitrogens is 2. The SMILES string of the molecule is Cc1nn(C)cc1CNc1ccc(S(C)(=O)=O)cc1. The van der Waals surface area contributed by atoms with Gasteiger partial charge in [0, 0.05) is 37.3 Å². The van der Waals surface area contributed by atoms with Crippen LogP contribution in [-0.4, -0.2) is 24.5 Å². The van der Waals surface area contributed by atoms with Crippen LogP contribution in [0.1, 0.15) is 11.3 Å². The van der Waals surface area contributed by atoms with Crippen LogP contribution in [0.2, 0.25) is 0 Å². The molecule has 6 heteroatoms. The van der Waals surface area contributed by atoms with Crippen molar-refractivity contribution in [1.82, 2.24) is 9.78 Å². The van der Waals surface area contributed by atoms with Gasteiger partial charge in [0.2, 0.25) is 0 Å². The van der Waals surface area contributed by atoms with Gasteiger partial charge < -0.3 is 5.32 Å². The first-order valence-corrected chi connectivity index (χ1v) is 7.78. The third-order valence-electron chi connectivity index (χ3n) is 2.88. The molecule has 0 saturated carbocycles. The Kier molecular flexibility index (Phi) is 3.61. The van der Waals surface area contributed by atoms with Crippen LogP contribution in [0.4, 0.5) is 5.69 Å². The van der Waals surface area contributed by atoms with E-state index >= 15 is 0 Å². The van der Waals surface area contributed by atoms with Gasteiger partial charge in [-0.15, -0.1) is 0 Å². The van der Waals surface area contributed by atoms with Crippen molar-refractivity contribution in [2.24, 2.45) is 7.05 Å². The first-order chi connectivity index (χ1) is 8.86. The Hall–Kier alpha value is -1.82. The number of sulfone groups is 1. The minimum absolute atomic E-state index is 0.329. The van der Waals surface area contributed by atoms with E-state index in [1.807, 2.05) is 20.2 Å².